The van der Waals surface area contributed by atoms with Crippen LogP contribution in [0.4, 0.5) is 17.1 Å². The van der Waals surface area contributed by atoms with E-state index in [4.69, 9.17) is 4.99 Å². The molecule has 0 amide bonds. The van der Waals surface area contributed by atoms with Crippen molar-refractivity contribution in [1.82, 2.24) is 5.32 Å². The number of anilines is 2. The van der Waals surface area contributed by atoms with Crippen LogP contribution in [-0.4, -0.2) is 24.5 Å². The lowest BCUT2D eigenvalue weighted by atomic mass is 9.79. The highest BCUT2D eigenvalue weighted by molar-refractivity contribution is 6.00. The van der Waals surface area contributed by atoms with E-state index in [1.165, 1.54) is 62.1 Å². The van der Waals surface area contributed by atoms with Crippen LogP contribution in [0.1, 0.15) is 50.5 Å². The summed E-state index contributed by atoms with van der Waals surface area (Å²) in [5.74, 6) is 1.13. The molecule has 2 fully saturated rings. The van der Waals surface area contributed by atoms with Gasteiger partial charge in [0.2, 0.25) is 0 Å². The Morgan fingerprint density at radius 2 is 1.64 bits per heavy atom. The van der Waals surface area contributed by atoms with Crippen molar-refractivity contribution in [3.05, 3.63) is 54.1 Å². The molecule has 0 bridgehead atoms. The van der Waals surface area contributed by atoms with Crippen LogP contribution in [0.25, 0.3) is 0 Å². The highest BCUT2D eigenvalue weighted by Crippen LogP contribution is 2.40. The number of hydrogen-bond acceptors (Lipinski definition) is 4. The third kappa shape index (κ3) is 3.25. The van der Waals surface area contributed by atoms with Crippen LogP contribution in [0.2, 0.25) is 0 Å². The molecule has 0 radical (unpaired) electrons. The molecule has 0 aromatic heterocycles. The molecule has 28 heavy (non-hydrogen) atoms. The Morgan fingerprint density at radius 3 is 2.50 bits per heavy atom. The second kappa shape index (κ2) is 7.50. The van der Waals surface area contributed by atoms with Crippen LogP contribution in [0.5, 0.6) is 0 Å². The van der Waals surface area contributed by atoms with Crippen LogP contribution in [0.3, 0.4) is 0 Å². The Bertz CT molecular complexity index is 860. The zero-order valence-electron chi connectivity index (χ0n) is 16.6. The summed E-state index contributed by atoms with van der Waals surface area (Å²) in [6, 6.07) is 17.3. The van der Waals surface area contributed by atoms with E-state index in [2.05, 4.69) is 64.1 Å². The van der Waals surface area contributed by atoms with Gasteiger partial charge in [0, 0.05) is 25.3 Å². The number of nitrogens with one attached hydrogen (secondary N) is 2. The van der Waals surface area contributed by atoms with E-state index in [9.17, 15) is 0 Å². The first-order valence-corrected chi connectivity index (χ1v) is 10.9. The minimum atomic E-state index is -0.0325. The maximum Gasteiger partial charge on any atom is 0.128 e. The molecule has 0 unspecified atom stereocenters. The largest absolute Gasteiger partial charge is 0.371 e. The molecule has 2 aromatic rings. The number of fused-ring (bicyclic) bond motifs is 1. The SMILES string of the molecule is c1ccc(N2CCCC2)c(CNC2=Nc3ccccc3NC23CCCCC3)c1. The molecule has 3 aliphatic rings. The highest BCUT2D eigenvalue weighted by atomic mass is 15.2. The van der Waals surface area contributed by atoms with Crippen molar-refractivity contribution in [2.45, 2.75) is 57.0 Å². The van der Waals surface area contributed by atoms with Crippen molar-refractivity contribution in [3.63, 3.8) is 0 Å². The van der Waals surface area contributed by atoms with Gasteiger partial charge in [-0.1, -0.05) is 49.6 Å². The topological polar surface area (TPSA) is 39.7 Å². The molecule has 146 valence electrons. The maximum absolute atomic E-state index is 5.09. The summed E-state index contributed by atoms with van der Waals surface area (Å²) in [6.45, 7) is 3.19. The number of hydrogen-bond donors (Lipinski definition) is 2. The van der Waals surface area contributed by atoms with E-state index >= 15 is 0 Å². The van der Waals surface area contributed by atoms with Crippen LogP contribution < -0.4 is 15.5 Å². The number of amidine groups is 1. The lowest BCUT2D eigenvalue weighted by Crippen LogP contribution is -2.54. The summed E-state index contributed by atoms with van der Waals surface area (Å²) in [5.41, 5.74) is 4.95. The number of para-hydroxylation sites is 3. The fourth-order valence-electron chi connectivity index (χ4n) is 5.05. The Hall–Kier alpha value is -2.49. The summed E-state index contributed by atoms with van der Waals surface area (Å²) in [7, 11) is 0. The van der Waals surface area contributed by atoms with Gasteiger partial charge in [-0.25, -0.2) is 4.99 Å². The zero-order chi connectivity index (χ0) is 18.8. The molecule has 4 nitrogen and oxygen atoms in total. The second-order valence-corrected chi connectivity index (χ2v) is 8.42. The molecule has 2 aliphatic heterocycles. The minimum Gasteiger partial charge on any atom is -0.371 e. The first-order chi connectivity index (χ1) is 13.8. The van der Waals surface area contributed by atoms with Crippen LogP contribution in [0, 0.1) is 0 Å². The minimum absolute atomic E-state index is 0.0325. The van der Waals surface area contributed by atoms with Gasteiger partial charge in [0.15, 0.2) is 0 Å². The highest BCUT2D eigenvalue weighted by Gasteiger charge is 2.40. The van der Waals surface area contributed by atoms with Gasteiger partial charge in [-0.3, -0.25) is 0 Å². The monoisotopic (exact) mass is 374 g/mol. The zero-order valence-corrected chi connectivity index (χ0v) is 16.6. The third-order valence-electron chi connectivity index (χ3n) is 6.56. The average Bonchev–Trinajstić information content (AvgIpc) is 3.28. The van der Waals surface area contributed by atoms with Crippen LogP contribution in [-0.2, 0) is 6.54 Å². The number of nitrogens with zero attached hydrogens (tertiary/aromatic N) is 2. The van der Waals surface area contributed by atoms with E-state index in [0.29, 0.717) is 0 Å². The predicted molar refractivity (Wildman–Crippen MR) is 118 cm³/mol. The fraction of sp³-hybridized carbons (Fsp3) is 0.458. The van der Waals surface area contributed by atoms with Crippen LogP contribution in [0.15, 0.2) is 53.5 Å². The first-order valence-electron chi connectivity index (χ1n) is 10.9. The van der Waals surface area contributed by atoms with E-state index in [1.54, 1.807) is 0 Å². The maximum atomic E-state index is 5.09. The van der Waals surface area contributed by atoms with Crippen molar-refractivity contribution in [1.29, 1.82) is 0 Å². The molecule has 2 aromatic carbocycles. The van der Waals surface area contributed by atoms with Crippen molar-refractivity contribution in [2.24, 2.45) is 4.99 Å². The molecular formula is C24H30N4. The van der Waals surface area contributed by atoms with Gasteiger partial charge >= 0.3 is 0 Å². The van der Waals surface area contributed by atoms with Crippen molar-refractivity contribution >= 4 is 22.9 Å². The summed E-state index contributed by atoms with van der Waals surface area (Å²) in [4.78, 5) is 7.63. The standard InChI is InChI=1S/C24H30N4/c1-6-14-24(15-7-1)23(26-20-11-3-4-12-21(20)27-24)25-18-19-10-2-5-13-22(19)28-16-8-9-17-28/h2-5,10-13,27H,1,6-9,14-18H2,(H,25,26). The molecule has 5 rings (SSSR count). The Balaban J connectivity index is 1.42. The molecule has 2 heterocycles. The Labute approximate surface area is 168 Å². The van der Waals surface area contributed by atoms with Gasteiger partial charge in [-0.15, -0.1) is 0 Å². The fourth-order valence-corrected chi connectivity index (χ4v) is 5.05. The molecule has 1 aliphatic carbocycles. The summed E-state index contributed by atoms with van der Waals surface area (Å²) in [5, 5.41) is 7.63. The third-order valence-corrected chi connectivity index (χ3v) is 6.56. The summed E-state index contributed by atoms with van der Waals surface area (Å²) >= 11 is 0. The van der Waals surface area contributed by atoms with Gasteiger partial charge in [0.25, 0.3) is 0 Å². The molecule has 1 spiro atoms. The second-order valence-electron chi connectivity index (χ2n) is 8.42. The molecule has 0 atom stereocenters. The number of aliphatic imine (C=N–C) groups is 1. The van der Waals surface area contributed by atoms with Crippen molar-refractivity contribution < 1.29 is 0 Å². The Kier molecular flexibility index (Phi) is 4.71. The average molecular weight is 375 g/mol. The number of rotatable bonds is 3. The van der Waals surface area contributed by atoms with Gasteiger partial charge < -0.3 is 15.5 Å². The van der Waals surface area contributed by atoms with Crippen LogP contribution >= 0.6 is 0 Å². The quantitative estimate of drug-likeness (QED) is 0.772. The summed E-state index contributed by atoms with van der Waals surface area (Å²) < 4.78 is 0. The molecule has 2 N–H and O–H groups in total. The molecular weight excluding hydrogens is 344 g/mol. The van der Waals surface area contributed by atoms with Gasteiger partial charge in [0.1, 0.15) is 5.84 Å². The predicted octanol–water partition coefficient (Wildman–Crippen LogP) is 5.24. The molecule has 1 saturated heterocycles. The van der Waals surface area contributed by atoms with Gasteiger partial charge in [-0.05, 0) is 49.4 Å². The van der Waals surface area contributed by atoms with Gasteiger partial charge in [-0.2, -0.15) is 0 Å². The smallest absolute Gasteiger partial charge is 0.128 e. The Morgan fingerprint density at radius 1 is 0.893 bits per heavy atom. The van der Waals surface area contributed by atoms with Crippen molar-refractivity contribution in [2.75, 3.05) is 23.3 Å². The van der Waals surface area contributed by atoms with Gasteiger partial charge in [0.05, 0.1) is 16.9 Å². The lowest BCUT2D eigenvalue weighted by molar-refractivity contribution is 0.396. The first kappa shape index (κ1) is 17.6. The van der Waals surface area contributed by atoms with E-state index in [0.717, 1.165) is 30.9 Å². The lowest BCUT2D eigenvalue weighted by Gasteiger charge is -2.42. The van der Waals surface area contributed by atoms with E-state index in [1.807, 2.05) is 0 Å². The molecule has 4 heteroatoms. The normalized spacial score (nSPS) is 20.4. The van der Waals surface area contributed by atoms with E-state index < -0.39 is 0 Å². The van der Waals surface area contributed by atoms with Crippen molar-refractivity contribution in [3.8, 4) is 0 Å². The van der Waals surface area contributed by atoms with E-state index in [-0.39, 0.29) is 5.54 Å². The summed E-state index contributed by atoms with van der Waals surface area (Å²) in [6.07, 6.45) is 8.77. The molecule has 1 saturated carbocycles. The number of benzene rings is 2.